The minimum Gasteiger partial charge on any atom is -0.377 e. The maximum atomic E-state index is 5.50. The van der Waals surface area contributed by atoms with Crippen LogP contribution in [-0.2, 0) is 4.74 Å². The van der Waals surface area contributed by atoms with Crippen molar-refractivity contribution in [2.24, 2.45) is 0 Å². The molecule has 0 bridgehead atoms. The first-order valence-corrected chi connectivity index (χ1v) is 4.23. The van der Waals surface area contributed by atoms with Crippen LogP contribution in [0, 0.1) is 0 Å². The van der Waals surface area contributed by atoms with E-state index in [9.17, 15) is 0 Å². The van der Waals surface area contributed by atoms with Gasteiger partial charge in [0.1, 0.15) is 0 Å². The fraction of sp³-hybridized carbons (Fsp3) is 1.00. The molecule has 2 unspecified atom stereocenters. The summed E-state index contributed by atoms with van der Waals surface area (Å²) in [5, 5.41) is 3.35. The van der Waals surface area contributed by atoms with E-state index < -0.39 is 0 Å². The molecule has 0 saturated heterocycles. The molecule has 0 aromatic carbocycles. The second-order valence-electron chi connectivity index (χ2n) is 2.81. The van der Waals surface area contributed by atoms with Crippen LogP contribution in [0.2, 0.25) is 0 Å². The highest BCUT2D eigenvalue weighted by atomic mass is 16.5. The Morgan fingerprint density at radius 2 is 2.30 bits per heavy atom. The summed E-state index contributed by atoms with van der Waals surface area (Å²) >= 11 is 0. The lowest BCUT2D eigenvalue weighted by Gasteiger charge is -2.00. The molecule has 1 saturated carbocycles. The molecule has 1 fully saturated rings. The lowest BCUT2D eigenvalue weighted by atomic mass is 10.5. The molecular weight excluding hydrogens is 126 g/mol. The fourth-order valence-electron chi connectivity index (χ4n) is 1.10. The number of nitrogens with one attached hydrogen (secondary N) is 1. The standard InChI is InChI=1S/C8H17NO/c1-3-5-10-8-6-7(8)9-4-2/h7-9H,3-6H2,1-2H3. The molecule has 1 aliphatic rings. The average Bonchev–Trinajstić information content (AvgIpc) is 2.65. The van der Waals surface area contributed by atoms with Crippen LogP contribution in [0.1, 0.15) is 26.7 Å². The Labute approximate surface area is 63.0 Å². The summed E-state index contributed by atoms with van der Waals surface area (Å²) in [6.07, 6.45) is 2.88. The molecule has 2 atom stereocenters. The van der Waals surface area contributed by atoms with E-state index in [1.807, 2.05) is 0 Å². The van der Waals surface area contributed by atoms with Crippen LogP contribution in [0.4, 0.5) is 0 Å². The number of hydrogen-bond donors (Lipinski definition) is 1. The molecule has 0 radical (unpaired) electrons. The van der Waals surface area contributed by atoms with Gasteiger partial charge in [0.15, 0.2) is 0 Å². The number of rotatable bonds is 5. The van der Waals surface area contributed by atoms with E-state index in [1.54, 1.807) is 0 Å². The molecule has 0 amide bonds. The summed E-state index contributed by atoms with van der Waals surface area (Å²) in [5.74, 6) is 0. The molecule has 1 rings (SSSR count). The van der Waals surface area contributed by atoms with Crippen molar-refractivity contribution in [3.8, 4) is 0 Å². The van der Waals surface area contributed by atoms with Crippen molar-refractivity contribution < 1.29 is 4.74 Å². The van der Waals surface area contributed by atoms with Gasteiger partial charge in [0.05, 0.1) is 6.10 Å². The van der Waals surface area contributed by atoms with Crippen molar-refractivity contribution in [2.45, 2.75) is 38.8 Å². The van der Waals surface area contributed by atoms with Crippen molar-refractivity contribution in [3.05, 3.63) is 0 Å². The molecule has 2 nitrogen and oxygen atoms in total. The van der Waals surface area contributed by atoms with Gasteiger partial charge >= 0.3 is 0 Å². The maximum Gasteiger partial charge on any atom is 0.0744 e. The van der Waals surface area contributed by atoms with E-state index in [2.05, 4.69) is 19.2 Å². The van der Waals surface area contributed by atoms with Gasteiger partial charge in [-0.2, -0.15) is 0 Å². The third kappa shape index (κ3) is 2.27. The largest absolute Gasteiger partial charge is 0.377 e. The molecule has 0 heterocycles. The smallest absolute Gasteiger partial charge is 0.0744 e. The van der Waals surface area contributed by atoms with Crippen LogP contribution in [0.15, 0.2) is 0 Å². The first-order chi connectivity index (χ1) is 4.88. The number of hydrogen-bond acceptors (Lipinski definition) is 2. The minimum atomic E-state index is 0.528. The Bertz CT molecular complexity index is 95.3. The van der Waals surface area contributed by atoms with Gasteiger partial charge in [0.2, 0.25) is 0 Å². The quantitative estimate of drug-likeness (QED) is 0.623. The van der Waals surface area contributed by atoms with Gasteiger partial charge in [0.25, 0.3) is 0 Å². The third-order valence-corrected chi connectivity index (χ3v) is 1.73. The first kappa shape index (κ1) is 8.02. The van der Waals surface area contributed by atoms with Crippen LogP contribution in [0.5, 0.6) is 0 Å². The number of likely N-dealkylation sites (N-methyl/N-ethyl adjacent to an activating group) is 1. The Kier molecular flexibility index (Phi) is 3.16. The van der Waals surface area contributed by atoms with E-state index in [0.29, 0.717) is 12.1 Å². The normalized spacial score (nSPS) is 30.6. The molecule has 1 aliphatic carbocycles. The highest BCUT2D eigenvalue weighted by molar-refractivity contribution is 4.94. The van der Waals surface area contributed by atoms with E-state index in [-0.39, 0.29) is 0 Å². The molecule has 60 valence electrons. The van der Waals surface area contributed by atoms with Crippen LogP contribution >= 0.6 is 0 Å². The molecule has 2 heteroatoms. The van der Waals surface area contributed by atoms with Gasteiger partial charge in [-0.25, -0.2) is 0 Å². The molecule has 0 aliphatic heterocycles. The van der Waals surface area contributed by atoms with Crippen LogP contribution < -0.4 is 5.32 Å². The Morgan fingerprint density at radius 3 is 2.90 bits per heavy atom. The summed E-state index contributed by atoms with van der Waals surface area (Å²) in [6, 6.07) is 0.663. The van der Waals surface area contributed by atoms with Crippen LogP contribution in [-0.4, -0.2) is 25.3 Å². The van der Waals surface area contributed by atoms with Gasteiger partial charge < -0.3 is 10.1 Å². The van der Waals surface area contributed by atoms with E-state index in [0.717, 1.165) is 19.6 Å². The average molecular weight is 143 g/mol. The predicted molar refractivity (Wildman–Crippen MR) is 42.1 cm³/mol. The van der Waals surface area contributed by atoms with Gasteiger partial charge in [0, 0.05) is 12.6 Å². The summed E-state index contributed by atoms with van der Waals surface area (Å²) < 4.78 is 5.50. The van der Waals surface area contributed by atoms with E-state index in [1.165, 1.54) is 6.42 Å². The molecule has 0 aromatic heterocycles. The van der Waals surface area contributed by atoms with Crippen LogP contribution in [0.3, 0.4) is 0 Å². The Morgan fingerprint density at radius 1 is 1.50 bits per heavy atom. The van der Waals surface area contributed by atoms with Crippen molar-refractivity contribution in [3.63, 3.8) is 0 Å². The lowest BCUT2D eigenvalue weighted by molar-refractivity contribution is 0.113. The zero-order valence-electron chi connectivity index (χ0n) is 6.89. The zero-order chi connectivity index (χ0) is 7.40. The molecular formula is C8H17NO. The van der Waals surface area contributed by atoms with Gasteiger partial charge in [-0.15, -0.1) is 0 Å². The lowest BCUT2D eigenvalue weighted by Crippen LogP contribution is -2.19. The minimum absolute atomic E-state index is 0.528. The van der Waals surface area contributed by atoms with E-state index >= 15 is 0 Å². The highest BCUT2D eigenvalue weighted by Crippen LogP contribution is 2.24. The highest BCUT2D eigenvalue weighted by Gasteiger charge is 2.36. The predicted octanol–water partition coefficient (Wildman–Crippen LogP) is 1.16. The Hall–Kier alpha value is -0.0800. The van der Waals surface area contributed by atoms with E-state index in [4.69, 9.17) is 4.74 Å². The molecule has 1 N–H and O–H groups in total. The van der Waals surface area contributed by atoms with Crippen molar-refractivity contribution in [1.29, 1.82) is 0 Å². The molecule has 10 heavy (non-hydrogen) atoms. The Balaban J connectivity index is 1.92. The summed E-state index contributed by atoms with van der Waals surface area (Å²) in [5.41, 5.74) is 0. The third-order valence-electron chi connectivity index (χ3n) is 1.73. The number of ether oxygens (including phenoxy) is 1. The van der Waals surface area contributed by atoms with Gasteiger partial charge in [-0.3, -0.25) is 0 Å². The summed E-state index contributed by atoms with van der Waals surface area (Å²) in [7, 11) is 0. The molecule has 0 spiro atoms. The second kappa shape index (κ2) is 3.94. The van der Waals surface area contributed by atoms with Crippen molar-refractivity contribution >= 4 is 0 Å². The van der Waals surface area contributed by atoms with Crippen molar-refractivity contribution in [1.82, 2.24) is 5.32 Å². The molecule has 0 aromatic rings. The first-order valence-electron chi connectivity index (χ1n) is 4.23. The van der Waals surface area contributed by atoms with Crippen LogP contribution in [0.25, 0.3) is 0 Å². The SMILES string of the molecule is CCCOC1CC1NCC. The fourth-order valence-corrected chi connectivity index (χ4v) is 1.10. The summed E-state index contributed by atoms with van der Waals surface area (Å²) in [4.78, 5) is 0. The zero-order valence-corrected chi connectivity index (χ0v) is 6.89. The van der Waals surface area contributed by atoms with Gasteiger partial charge in [-0.1, -0.05) is 13.8 Å². The summed E-state index contributed by atoms with van der Waals surface area (Å²) in [6.45, 7) is 6.27. The van der Waals surface area contributed by atoms with Gasteiger partial charge in [-0.05, 0) is 19.4 Å². The van der Waals surface area contributed by atoms with Crippen molar-refractivity contribution in [2.75, 3.05) is 13.2 Å². The topological polar surface area (TPSA) is 21.3 Å². The maximum absolute atomic E-state index is 5.50. The second-order valence-corrected chi connectivity index (χ2v) is 2.81. The monoisotopic (exact) mass is 143 g/mol.